The lowest BCUT2D eigenvalue weighted by Crippen LogP contribution is -2.12. The second kappa shape index (κ2) is 7.90. The first-order valence-electron chi connectivity index (χ1n) is 7.80. The molecule has 1 amide bonds. The van der Waals surface area contributed by atoms with Gasteiger partial charge in [0.15, 0.2) is 0 Å². The van der Waals surface area contributed by atoms with Crippen molar-refractivity contribution in [2.24, 2.45) is 0 Å². The Morgan fingerprint density at radius 3 is 2.44 bits per heavy atom. The molecule has 3 aromatic rings. The van der Waals surface area contributed by atoms with E-state index in [4.69, 9.17) is 4.74 Å². The van der Waals surface area contributed by atoms with Gasteiger partial charge in [-0.1, -0.05) is 24.3 Å². The number of hydrogen-bond donors (Lipinski definition) is 1. The largest absolute Gasteiger partial charge is 0.477 e. The fraction of sp³-hybridized carbons (Fsp3) is 0.105. The molecule has 3 rings (SSSR count). The number of hydrogen-bond acceptors (Lipinski definition) is 4. The van der Waals surface area contributed by atoms with E-state index >= 15 is 0 Å². The van der Waals surface area contributed by atoms with Crippen molar-refractivity contribution < 1.29 is 9.53 Å². The molecule has 0 bridgehead atoms. The van der Waals surface area contributed by atoms with Gasteiger partial charge in [0.25, 0.3) is 5.91 Å². The van der Waals surface area contributed by atoms with Crippen molar-refractivity contribution in [2.75, 3.05) is 11.9 Å². The van der Waals surface area contributed by atoms with Gasteiger partial charge in [0.2, 0.25) is 5.88 Å². The molecule has 0 aliphatic carbocycles. The van der Waals surface area contributed by atoms with Crippen LogP contribution in [-0.2, 0) is 0 Å². The van der Waals surface area contributed by atoms with Crippen LogP contribution in [0.1, 0.15) is 17.3 Å². The van der Waals surface area contributed by atoms with Gasteiger partial charge in [-0.2, -0.15) is 0 Å². The van der Waals surface area contributed by atoms with Crippen LogP contribution in [0.25, 0.3) is 11.3 Å². The van der Waals surface area contributed by atoms with Crippen LogP contribution in [0.3, 0.4) is 0 Å². The summed E-state index contributed by atoms with van der Waals surface area (Å²) in [6, 6.07) is 18.4. The molecular weight excluding hydrogens is 382 g/mol. The minimum atomic E-state index is -0.166. The Bertz CT molecular complexity index is 865. The highest BCUT2D eigenvalue weighted by molar-refractivity contribution is 9.10. The zero-order chi connectivity index (χ0) is 17.6. The van der Waals surface area contributed by atoms with Crippen LogP contribution in [0.5, 0.6) is 5.88 Å². The topological polar surface area (TPSA) is 64.1 Å². The van der Waals surface area contributed by atoms with E-state index in [1.807, 2.05) is 55.5 Å². The number of carbonyl (C=O) groups excluding carboxylic acids is 1. The van der Waals surface area contributed by atoms with E-state index in [-0.39, 0.29) is 5.91 Å². The summed E-state index contributed by atoms with van der Waals surface area (Å²) >= 11 is 3.38. The zero-order valence-corrected chi connectivity index (χ0v) is 15.2. The second-order valence-corrected chi connectivity index (χ2v) is 6.06. The van der Waals surface area contributed by atoms with Crippen molar-refractivity contribution in [1.29, 1.82) is 0 Å². The van der Waals surface area contributed by atoms with E-state index in [1.54, 1.807) is 12.1 Å². The van der Waals surface area contributed by atoms with E-state index in [0.717, 1.165) is 15.7 Å². The number of carbonyl (C=O) groups is 1. The molecular formula is C19H16BrN3O2. The predicted molar refractivity (Wildman–Crippen MR) is 101 cm³/mol. The van der Waals surface area contributed by atoms with Crippen LogP contribution in [0.4, 0.5) is 5.69 Å². The standard InChI is InChI=1S/C19H16BrN3O2/c1-2-25-18-12-11-17(22-23-18)13-7-9-14(10-8-13)21-19(24)15-5-3-4-6-16(15)20/h3-12H,2H2,1H3,(H,21,24). The van der Waals surface area contributed by atoms with E-state index in [2.05, 4.69) is 31.4 Å². The Morgan fingerprint density at radius 1 is 1.04 bits per heavy atom. The van der Waals surface area contributed by atoms with Crippen molar-refractivity contribution >= 4 is 27.5 Å². The predicted octanol–water partition coefficient (Wildman–Crippen LogP) is 4.56. The number of nitrogens with zero attached hydrogens (tertiary/aromatic N) is 2. The Morgan fingerprint density at radius 2 is 1.80 bits per heavy atom. The first-order chi connectivity index (χ1) is 12.2. The average molecular weight is 398 g/mol. The van der Waals surface area contributed by atoms with Crippen molar-refractivity contribution in [1.82, 2.24) is 10.2 Å². The van der Waals surface area contributed by atoms with Gasteiger partial charge in [0.1, 0.15) is 0 Å². The Balaban J connectivity index is 1.72. The van der Waals surface area contributed by atoms with Gasteiger partial charge in [0.05, 0.1) is 17.9 Å². The highest BCUT2D eigenvalue weighted by atomic mass is 79.9. The third-order valence-corrected chi connectivity index (χ3v) is 4.18. The molecule has 6 heteroatoms. The minimum absolute atomic E-state index is 0.166. The number of rotatable bonds is 5. The fourth-order valence-corrected chi connectivity index (χ4v) is 2.73. The minimum Gasteiger partial charge on any atom is -0.477 e. The lowest BCUT2D eigenvalue weighted by molar-refractivity contribution is 0.102. The molecule has 0 spiro atoms. The summed E-state index contributed by atoms with van der Waals surface area (Å²) in [6.45, 7) is 2.45. The summed E-state index contributed by atoms with van der Waals surface area (Å²) < 4.78 is 6.04. The molecule has 0 saturated heterocycles. The van der Waals surface area contributed by atoms with Gasteiger partial charge < -0.3 is 10.1 Å². The van der Waals surface area contributed by atoms with E-state index in [9.17, 15) is 4.79 Å². The van der Waals surface area contributed by atoms with E-state index in [1.165, 1.54) is 0 Å². The first-order valence-corrected chi connectivity index (χ1v) is 8.59. The molecule has 0 aliphatic heterocycles. The Labute approximate surface area is 154 Å². The van der Waals surface area contributed by atoms with Crippen LogP contribution in [-0.4, -0.2) is 22.7 Å². The van der Waals surface area contributed by atoms with Crippen molar-refractivity contribution in [3.8, 4) is 17.1 Å². The average Bonchev–Trinajstić information content (AvgIpc) is 2.64. The molecule has 25 heavy (non-hydrogen) atoms. The van der Waals surface area contributed by atoms with E-state index in [0.29, 0.717) is 23.7 Å². The molecule has 1 aromatic heterocycles. The monoisotopic (exact) mass is 397 g/mol. The molecule has 1 heterocycles. The van der Waals surface area contributed by atoms with Crippen LogP contribution in [0.2, 0.25) is 0 Å². The molecule has 0 radical (unpaired) electrons. The number of nitrogens with one attached hydrogen (secondary N) is 1. The SMILES string of the molecule is CCOc1ccc(-c2ccc(NC(=O)c3ccccc3Br)cc2)nn1. The van der Waals surface area contributed by atoms with Gasteiger partial charge in [-0.3, -0.25) is 4.79 Å². The number of aromatic nitrogens is 2. The highest BCUT2D eigenvalue weighted by Gasteiger charge is 2.09. The second-order valence-electron chi connectivity index (χ2n) is 5.20. The van der Waals surface area contributed by atoms with Gasteiger partial charge >= 0.3 is 0 Å². The molecule has 126 valence electrons. The highest BCUT2D eigenvalue weighted by Crippen LogP contribution is 2.22. The Kier molecular flexibility index (Phi) is 5.40. The molecule has 0 atom stereocenters. The zero-order valence-electron chi connectivity index (χ0n) is 13.6. The van der Waals surface area contributed by atoms with Gasteiger partial charge in [-0.25, -0.2) is 0 Å². The Hall–Kier alpha value is -2.73. The summed E-state index contributed by atoms with van der Waals surface area (Å²) in [5.41, 5.74) is 2.95. The lowest BCUT2D eigenvalue weighted by atomic mass is 10.1. The van der Waals surface area contributed by atoms with E-state index < -0.39 is 0 Å². The number of amides is 1. The number of halogens is 1. The van der Waals surface area contributed by atoms with Crippen molar-refractivity contribution in [3.63, 3.8) is 0 Å². The quantitative estimate of drug-likeness (QED) is 0.685. The normalized spacial score (nSPS) is 10.3. The molecule has 5 nitrogen and oxygen atoms in total. The molecule has 1 N–H and O–H groups in total. The summed E-state index contributed by atoms with van der Waals surface area (Å²) in [5, 5.41) is 11.0. The maximum atomic E-state index is 12.3. The maximum Gasteiger partial charge on any atom is 0.256 e. The van der Waals surface area contributed by atoms with Gasteiger partial charge in [0, 0.05) is 21.8 Å². The summed E-state index contributed by atoms with van der Waals surface area (Å²) in [6.07, 6.45) is 0. The molecule has 0 saturated carbocycles. The molecule has 2 aromatic carbocycles. The molecule has 0 aliphatic rings. The third-order valence-electron chi connectivity index (χ3n) is 3.49. The van der Waals surface area contributed by atoms with Crippen LogP contribution >= 0.6 is 15.9 Å². The lowest BCUT2D eigenvalue weighted by Gasteiger charge is -2.08. The maximum absolute atomic E-state index is 12.3. The number of benzene rings is 2. The third kappa shape index (κ3) is 4.22. The fourth-order valence-electron chi connectivity index (χ4n) is 2.27. The molecule has 0 unspecified atom stereocenters. The molecule has 0 fully saturated rings. The van der Waals surface area contributed by atoms with Gasteiger partial charge in [-0.15, -0.1) is 10.2 Å². The smallest absolute Gasteiger partial charge is 0.256 e. The van der Waals surface area contributed by atoms with Crippen LogP contribution in [0, 0.1) is 0 Å². The van der Waals surface area contributed by atoms with Crippen LogP contribution in [0.15, 0.2) is 65.1 Å². The van der Waals surface area contributed by atoms with Crippen LogP contribution < -0.4 is 10.1 Å². The first kappa shape index (κ1) is 17.1. The number of ether oxygens (including phenoxy) is 1. The number of anilines is 1. The van der Waals surface area contributed by atoms with Crippen molar-refractivity contribution in [2.45, 2.75) is 6.92 Å². The van der Waals surface area contributed by atoms with Gasteiger partial charge in [-0.05, 0) is 53.2 Å². The summed E-state index contributed by atoms with van der Waals surface area (Å²) in [5.74, 6) is 0.338. The van der Waals surface area contributed by atoms with Crippen molar-refractivity contribution in [3.05, 3.63) is 70.7 Å². The summed E-state index contributed by atoms with van der Waals surface area (Å²) in [4.78, 5) is 12.3. The summed E-state index contributed by atoms with van der Waals surface area (Å²) in [7, 11) is 0.